The molecule has 1 aliphatic heterocycles. The van der Waals surface area contributed by atoms with E-state index in [0.29, 0.717) is 41.6 Å². The predicted molar refractivity (Wildman–Crippen MR) is 94.2 cm³/mol. The van der Waals surface area contributed by atoms with Crippen LogP contribution >= 0.6 is 0 Å². The Morgan fingerprint density at radius 1 is 1.50 bits per heavy atom. The van der Waals surface area contributed by atoms with Gasteiger partial charge in [0.25, 0.3) is 6.01 Å². The quantitative estimate of drug-likeness (QED) is 0.764. The molecule has 2 aromatic rings. The summed E-state index contributed by atoms with van der Waals surface area (Å²) >= 11 is 0. The maximum absolute atomic E-state index is 12.6. The number of nitrogens with zero attached hydrogens (tertiary/aromatic N) is 2. The summed E-state index contributed by atoms with van der Waals surface area (Å²) in [7, 11) is 0. The number of fused-ring (bicyclic) bond motifs is 1. The molecule has 1 saturated heterocycles. The molecular weight excluding hydrogens is 307 g/mol. The highest BCUT2D eigenvalue weighted by molar-refractivity contribution is 5.76. The first kappa shape index (κ1) is 16.8. The van der Waals surface area contributed by atoms with E-state index in [1.165, 1.54) is 0 Å². The SMILES string of the molecule is CC/C(=C\F)COc1ccc2nc(N3CC(C)CC3(C)C)oc2c1. The second kappa shape index (κ2) is 6.46. The second-order valence-electron chi connectivity index (χ2n) is 7.27. The van der Waals surface area contributed by atoms with Crippen molar-refractivity contribution >= 4 is 17.1 Å². The first-order chi connectivity index (χ1) is 11.4. The van der Waals surface area contributed by atoms with Crippen molar-refractivity contribution in [2.45, 2.75) is 46.1 Å². The summed E-state index contributed by atoms with van der Waals surface area (Å²) in [4.78, 5) is 6.86. The maximum atomic E-state index is 12.6. The van der Waals surface area contributed by atoms with Gasteiger partial charge in [0, 0.05) is 18.2 Å². The van der Waals surface area contributed by atoms with Crippen molar-refractivity contribution in [3.63, 3.8) is 0 Å². The third kappa shape index (κ3) is 3.25. The van der Waals surface area contributed by atoms with Crippen molar-refractivity contribution < 1.29 is 13.5 Å². The van der Waals surface area contributed by atoms with Gasteiger partial charge in [0.1, 0.15) is 17.9 Å². The average molecular weight is 332 g/mol. The molecule has 0 saturated carbocycles. The molecule has 0 spiro atoms. The van der Waals surface area contributed by atoms with Crippen molar-refractivity contribution in [3.8, 4) is 5.75 Å². The fourth-order valence-corrected chi connectivity index (χ4v) is 3.41. The molecule has 4 nitrogen and oxygen atoms in total. The summed E-state index contributed by atoms with van der Waals surface area (Å²) in [6, 6.07) is 6.21. The Bertz CT molecular complexity index is 751. The molecule has 0 aliphatic carbocycles. The van der Waals surface area contributed by atoms with Gasteiger partial charge in [0.2, 0.25) is 0 Å². The summed E-state index contributed by atoms with van der Waals surface area (Å²) < 4.78 is 24.2. The lowest BCUT2D eigenvalue weighted by Crippen LogP contribution is -2.38. The molecular formula is C19H25FN2O2. The van der Waals surface area contributed by atoms with Crippen molar-refractivity contribution in [2.75, 3.05) is 18.1 Å². The molecule has 0 radical (unpaired) electrons. The maximum Gasteiger partial charge on any atom is 0.298 e. The van der Waals surface area contributed by atoms with E-state index in [0.717, 1.165) is 18.5 Å². The van der Waals surface area contributed by atoms with Gasteiger partial charge in [0.15, 0.2) is 5.58 Å². The molecule has 0 amide bonds. The van der Waals surface area contributed by atoms with Gasteiger partial charge >= 0.3 is 0 Å². The Balaban J connectivity index is 1.82. The molecule has 2 heterocycles. The van der Waals surface area contributed by atoms with Crippen LogP contribution in [0.15, 0.2) is 34.5 Å². The molecule has 130 valence electrons. The Kier molecular flexibility index (Phi) is 4.52. The number of hydrogen-bond acceptors (Lipinski definition) is 4. The fourth-order valence-electron chi connectivity index (χ4n) is 3.41. The van der Waals surface area contributed by atoms with Gasteiger partial charge in [-0.3, -0.25) is 0 Å². The minimum atomic E-state index is 0.0432. The highest BCUT2D eigenvalue weighted by Gasteiger charge is 2.38. The largest absolute Gasteiger partial charge is 0.489 e. The second-order valence-corrected chi connectivity index (χ2v) is 7.27. The van der Waals surface area contributed by atoms with Gasteiger partial charge in [-0.1, -0.05) is 13.8 Å². The lowest BCUT2D eigenvalue weighted by molar-refractivity contribution is 0.345. The van der Waals surface area contributed by atoms with Crippen LogP contribution in [0.25, 0.3) is 11.1 Å². The molecule has 1 unspecified atom stereocenters. The van der Waals surface area contributed by atoms with Crippen LogP contribution in [0, 0.1) is 5.92 Å². The smallest absolute Gasteiger partial charge is 0.298 e. The number of rotatable bonds is 5. The summed E-state index contributed by atoms with van der Waals surface area (Å²) in [6.45, 7) is 9.78. The van der Waals surface area contributed by atoms with Gasteiger partial charge in [0.05, 0.1) is 6.33 Å². The predicted octanol–water partition coefficient (Wildman–Crippen LogP) is 5.09. The zero-order valence-electron chi connectivity index (χ0n) is 14.8. The lowest BCUT2D eigenvalue weighted by Gasteiger charge is -2.29. The van der Waals surface area contributed by atoms with Gasteiger partial charge in [-0.15, -0.1) is 0 Å². The van der Waals surface area contributed by atoms with E-state index in [2.05, 4.69) is 30.7 Å². The number of benzene rings is 1. The van der Waals surface area contributed by atoms with E-state index in [-0.39, 0.29) is 12.1 Å². The Labute approximate surface area is 142 Å². The minimum absolute atomic E-state index is 0.0432. The van der Waals surface area contributed by atoms with Crippen LogP contribution in [0.4, 0.5) is 10.4 Å². The Hall–Kier alpha value is -2.04. The average Bonchev–Trinajstić information content (AvgIpc) is 3.07. The van der Waals surface area contributed by atoms with Crippen LogP contribution in [-0.2, 0) is 0 Å². The normalized spacial score (nSPS) is 20.8. The van der Waals surface area contributed by atoms with Crippen LogP contribution in [0.2, 0.25) is 0 Å². The summed E-state index contributed by atoms with van der Waals surface area (Å²) in [5, 5.41) is 0. The van der Waals surface area contributed by atoms with Gasteiger partial charge < -0.3 is 14.1 Å². The molecule has 1 aromatic heterocycles. The molecule has 1 aliphatic rings. The molecule has 1 atom stereocenters. The van der Waals surface area contributed by atoms with E-state index in [1.807, 2.05) is 25.1 Å². The molecule has 0 bridgehead atoms. The highest BCUT2D eigenvalue weighted by Crippen LogP contribution is 2.37. The van der Waals surface area contributed by atoms with E-state index in [1.54, 1.807) is 0 Å². The summed E-state index contributed by atoms with van der Waals surface area (Å²) in [5.74, 6) is 1.28. The fraction of sp³-hybridized carbons (Fsp3) is 0.526. The van der Waals surface area contributed by atoms with Crippen molar-refractivity contribution in [1.82, 2.24) is 4.98 Å². The van der Waals surface area contributed by atoms with E-state index < -0.39 is 0 Å². The Morgan fingerprint density at radius 2 is 2.29 bits per heavy atom. The van der Waals surface area contributed by atoms with E-state index in [4.69, 9.17) is 9.15 Å². The molecule has 0 N–H and O–H groups in total. The zero-order valence-corrected chi connectivity index (χ0v) is 14.8. The van der Waals surface area contributed by atoms with Crippen LogP contribution in [-0.4, -0.2) is 23.7 Å². The molecule has 5 heteroatoms. The molecule has 3 rings (SSSR count). The van der Waals surface area contributed by atoms with Crippen molar-refractivity contribution in [1.29, 1.82) is 0 Å². The Morgan fingerprint density at radius 3 is 2.92 bits per heavy atom. The highest BCUT2D eigenvalue weighted by atomic mass is 19.1. The topological polar surface area (TPSA) is 38.5 Å². The third-order valence-corrected chi connectivity index (χ3v) is 4.69. The number of hydrogen-bond donors (Lipinski definition) is 0. The lowest BCUT2D eigenvalue weighted by atomic mass is 9.98. The third-order valence-electron chi connectivity index (χ3n) is 4.69. The first-order valence-electron chi connectivity index (χ1n) is 8.52. The number of ether oxygens (including phenoxy) is 1. The van der Waals surface area contributed by atoms with E-state index in [9.17, 15) is 4.39 Å². The minimum Gasteiger partial charge on any atom is -0.489 e. The van der Waals surface area contributed by atoms with Gasteiger partial charge in [-0.05, 0) is 50.3 Å². The zero-order chi connectivity index (χ0) is 17.3. The van der Waals surface area contributed by atoms with Crippen LogP contribution < -0.4 is 9.64 Å². The number of aromatic nitrogens is 1. The van der Waals surface area contributed by atoms with Crippen LogP contribution in [0.5, 0.6) is 5.75 Å². The van der Waals surface area contributed by atoms with Gasteiger partial charge in [-0.25, -0.2) is 4.39 Å². The molecule has 24 heavy (non-hydrogen) atoms. The van der Waals surface area contributed by atoms with Crippen molar-refractivity contribution in [2.24, 2.45) is 5.92 Å². The van der Waals surface area contributed by atoms with Crippen LogP contribution in [0.3, 0.4) is 0 Å². The van der Waals surface area contributed by atoms with Crippen LogP contribution in [0.1, 0.15) is 40.5 Å². The number of oxazole rings is 1. The standard InChI is InChI=1S/C19H25FN2O2/c1-5-14(10-20)12-23-15-6-7-16-17(8-15)24-18(21-16)22-11-13(2)9-19(22,3)4/h6-8,10,13H,5,9,11-12H2,1-4H3/b14-10+. The first-order valence-corrected chi connectivity index (χ1v) is 8.52. The number of halogens is 1. The van der Waals surface area contributed by atoms with Crippen molar-refractivity contribution in [3.05, 3.63) is 30.1 Å². The van der Waals surface area contributed by atoms with Gasteiger partial charge in [-0.2, -0.15) is 4.98 Å². The summed E-state index contributed by atoms with van der Waals surface area (Å²) in [5.41, 5.74) is 2.17. The molecule has 1 fully saturated rings. The monoisotopic (exact) mass is 332 g/mol. The van der Waals surface area contributed by atoms with E-state index >= 15 is 0 Å². The summed E-state index contributed by atoms with van der Waals surface area (Å²) in [6.07, 6.45) is 2.37. The number of anilines is 1. The molecule has 1 aromatic carbocycles.